The lowest BCUT2D eigenvalue weighted by Gasteiger charge is -2.43. The maximum Gasteiger partial charge on any atom is 0.225 e. The molecule has 7 nitrogen and oxygen atoms in total. The first-order valence-corrected chi connectivity index (χ1v) is 11.2. The molecule has 2 aliphatic rings. The fourth-order valence-electron chi connectivity index (χ4n) is 4.20. The Balaban J connectivity index is 2.29. The van der Waals surface area contributed by atoms with Gasteiger partial charge in [0.1, 0.15) is 6.07 Å². The van der Waals surface area contributed by atoms with E-state index in [4.69, 9.17) is 14.9 Å². The van der Waals surface area contributed by atoms with Crippen molar-refractivity contribution in [2.45, 2.75) is 65.5 Å². The van der Waals surface area contributed by atoms with Gasteiger partial charge in [0.25, 0.3) is 0 Å². The number of rotatable bonds is 8. The van der Waals surface area contributed by atoms with Gasteiger partial charge >= 0.3 is 0 Å². The summed E-state index contributed by atoms with van der Waals surface area (Å²) in [5.41, 5.74) is 2.52. The van der Waals surface area contributed by atoms with Gasteiger partial charge in [-0.3, -0.25) is 4.79 Å². The van der Waals surface area contributed by atoms with Gasteiger partial charge in [0.2, 0.25) is 5.91 Å². The molecule has 1 amide bonds. The number of hydrogen-bond acceptors (Lipinski definition) is 6. The number of ether oxygens (including phenoxy) is 2. The summed E-state index contributed by atoms with van der Waals surface area (Å²) < 4.78 is 11.0. The zero-order valence-corrected chi connectivity index (χ0v) is 20.0. The number of piperazine rings is 1. The Morgan fingerprint density at radius 2 is 2.10 bits per heavy atom. The van der Waals surface area contributed by atoms with Crippen molar-refractivity contribution in [1.82, 2.24) is 9.80 Å². The van der Waals surface area contributed by atoms with Crippen LogP contribution < -0.4 is 0 Å². The third-order valence-corrected chi connectivity index (χ3v) is 6.11. The Hall–Kier alpha value is -2.17. The predicted octanol–water partition coefficient (Wildman–Crippen LogP) is 3.52. The van der Waals surface area contributed by atoms with E-state index in [1.807, 2.05) is 31.9 Å². The number of nitrogens with zero attached hydrogens (tertiary/aromatic N) is 3. The Bertz CT molecular complexity index is 776. The van der Waals surface area contributed by atoms with Crippen LogP contribution in [0.2, 0.25) is 0 Å². The number of nitriles is 1. The molecule has 2 heterocycles. The summed E-state index contributed by atoms with van der Waals surface area (Å²) in [5.74, 6) is 0.426. The molecule has 0 saturated carbocycles. The topological polar surface area (TPSA) is 89.7 Å². The molecule has 0 aromatic rings. The molecule has 1 fully saturated rings. The van der Waals surface area contributed by atoms with Crippen LogP contribution in [0.25, 0.3) is 0 Å². The molecule has 172 valence electrons. The van der Waals surface area contributed by atoms with E-state index in [1.54, 1.807) is 7.11 Å². The highest BCUT2D eigenvalue weighted by Gasteiger charge is 2.33. The first-order chi connectivity index (χ1) is 14.6. The van der Waals surface area contributed by atoms with Crippen LogP contribution in [-0.4, -0.2) is 73.0 Å². The van der Waals surface area contributed by atoms with Gasteiger partial charge in [0.15, 0.2) is 0 Å². The third-order valence-electron chi connectivity index (χ3n) is 6.11. The molecule has 0 aromatic heterocycles. The van der Waals surface area contributed by atoms with Gasteiger partial charge in [0.05, 0.1) is 36.9 Å². The molecule has 1 N–H and O–H groups in total. The molecule has 0 bridgehead atoms. The van der Waals surface area contributed by atoms with Crippen LogP contribution >= 0.6 is 0 Å². The van der Waals surface area contributed by atoms with Gasteiger partial charge in [-0.25, -0.2) is 0 Å². The summed E-state index contributed by atoms with van der Waals surface area (Å²) in [6.07, 6.45) is 3.54. The lowest BCUT2D eigenvalue weighted by Crippen LogP contribution is -2.56. The SMILES string of the molecule is CCC(=N)C1=C(/C(C#N)=C/N2CCN(C(=O)CCOC)[C@H](C(C)C)C2)CC(C)(C)OC1. The molecule has 0 aliphatic carbocycles. The number of carbonyl (C=O) groups excluding carboxylic acids is 1. The minimum atomic E-state index is -0.365. The first kappa shape index (κ1) is 25.1. The number of hydrogen-bond donors (Lipinski definition) is 1. The number of methoxy groups -OCH3 is 1. The fourth-order valence-corrected chi connectivity index (χ4v) is 4.20. The van der Waals surface area contributed by atoms with E-state index in [2.05, 4.69) is 24.8 Å². The van der Waals surface area contributed by atoms with Gasteiger partial charge in [0, 0.05) is 50.6 Å². The lowest BCUT2D eigenvalue weighted by molar-refractivity contribution is -0.137. The molecular weight excluding hydrogens is 392 g/mol. The molecule has 0 radical (unpaired) electrons. The highest BCUT2D eigenvalue weighted by atomic mass is 16.5. The van der Waals surface area contributed by atoms with Crippen LogP contribution in [0.1, 0.15) is 53.9 Å². The minimum Gasteiger partial charge on any atom is -0.384 e. The van der Waals surface area contributed by atoms with Gasteiger partial charge in [-0.2, -0.15) is 5.26 Å². The monoisotopic (exact) mass is 430 g/mol. The van der Waals surface area contributed by atoms with Crippen molar-refractivity contribution >= 4 is 11.6 Å². The largest absolute Gasteiger partial charge is 0.384 e. The summed E-state index contributed by atoms with van der Waals surface area (Å²) in [7, 11) is 1.61. The number of nitrogens with one attached hydrogen (secondary N) is 1. The fraction of sp³-hybridized carbons (Fsp3) is 0.708. The summed E-state index contributed by atoms with van der Waals surface area (Å²) in [6.45, 7) is 13.1. The molecule has 1 atom stereocenters. The van der Waals surface area contributed by atoms with Gasteiger partial charge in [-0.1, -0.05) is 20.8 Å². The predicted molar refractivity (Wildman–Crippen MR) is 122 cm³/mol. The standard InChI is InChI=1S/C24H38N4O3/c1-7-21(26)20-16-31-24(4,5)12-19(20)18(13-25)14-27-9-10-28(22(15-27)17(2)3)23(29)8-11-30-6/h14,17,22,26H,7-12,15-16H2,1-6H3/b18-14+,26-21?/t22-/m0/s1. The second-order valence-corrected chi connectivity index (χ2v) is 9.31. The van der Waals surface area contributed by atoms with E-state index in [0.29, 0.717) is 69.3 Å². The summed E-state index contributed by atoms with van der Waals surface area (Å²) in [4.78, 5) is 16.8. The summed E-state index contributed by atoms with van der Waals surface area (Å²) in [5, 5.41) is 18.3. The van der Waals surface area contributed by atoms with Gasteiger partial charge in [-0.15, -0.1) is 0 Å². The second-order valence-electron chi connectivity index (χ2n) is 9.31. The molecule has 2 aliphatic heterocycles. The Kier molecular flexibility index (Phi) is 8.84. The van der Waals surface area contributed by atoms with Gasteiger partial charge in [-0.05, 0) is 31.8 Å². The molecule has 0 unspecified atom stereocenters. The number of carbonyl (C=O) groups is 1. The maximum atomic E-state index is 12.6. The smallest absolute Gasteiger partial charge is 0.225 e. The normalized spacial score (nSPS) is 22.0. The summed E-state index contributed by atoms with van der Waals surface area (Å²) in [6, 6.07) is 2.47. The Labute approximate surface area is 187 Å². The van der Waals surface area contributed by atoms with Crippen molar-refractivity contribution < 1.29 is 14.3 Å². The molecule has 31 heavy (non-hydrogen) atoms. The maximum absolute atomic E-state index is 12.6. The average molecular weight is 431 g/mol. The van der Waals surface area contributed by atoms with Crippen molar-refractivity contribution in [2.24, 2.45) is 5.92 Å². The van der Waals surface area contributed by atoms with Crippen molar-refractivity contribution in [3.8, 4) is 6.07 Å². The van der Waals surface area contributed by atoms with Crippen molar-refractivity contribution in [3.05, 3.63) is 22.9 Å². The zero-order valence-electron chi connectivity index (χ0n) is 20.0. The van der Waals surface area contributed by atoms with Crippen LogP contribution in [0.5, 0.6) is 0 Å². The van der Waals surface area contributed by atoms with E-state index < -0.39 is 0 Å². The van der Waals surface area contributed by atoms with Crippen LogP contribution in [-0.2, 0) is 14.3 Å². The van der Waals surface area contributed by atoms with Crippen LogP contribution in [0.3, 0.4) is 0 Å². The molecule has 0 spiro atoms. The number of amides is 1. The zero-order chi connectivity index (χ0) is 23.2. The van der Waals surface area contributed by atoms with E-state index >= 15 is 0 Å². The van der Waals surface area contributed by atoms with Crippen LogP contribution in [0.4, 0.5) is 0 Å². The molecule has 1 saturated heterocycles. The van der Waals surface area contributed by atoms with Crippen molar-refractivity contribution in [3.63, 3.8) is 0 Å². The van der Waals surface area contributed by atoms with Gasteiger partial charge < -0.3 is 24.7 Å². The van der Waals surface area contributed by atoms with E-state index in [0.717, 1.165) is 11.1 Å². The third kappa shape index (κ3) is 6.41. The van der Waals surface area contributed by atoms with Crippen LogP contribution in [0, 0.1) is 22.7 Å². The molecular formula is C24H38N4O3. The highest BCUT2D eigenvalue weighted by Crippen LogP contribution is 2.34. The van der Waals surface area contributed by atoms with E-state index in [9.17, 15) is 10.1 Å². The van der Waals surface area contributed by atoms with E-state index in [-0.39, 0.29) is 17.6 Å². The van der Waals surface area contributed by atoms with E-state index in [1.165, 1.54) is 0 Å². The first-order valence-electron chi connectivity index (χ1n) is 11.2. The van der Waals surface area contributed by atoms with Crippen molar-refractivity contribution in [2.75, 3.05) is 40.0 Å². The Morgan fingerprint density at radius 3 is 2.68 bits per heavy atom. The highest BCUT2D eigenvalue weighted by molar-refractivity contribution is 5.99. The second kappa shape index (κ2) is 10.9. The summed E-state index contributed by atoms with van der Waals surface area (Å²) >= 11 is 0. The van der Waals surface area contributed by atoms with Crippen molar-refractivity contribution in [1.29, 1.82) is 10.7 Å². The Morgan fingerprint density at radius 1 is 1.39 bits per heavy atom. The van der Waals surface area contributed by atoms with Crippen LogP contribution in [0.15, 0.2) is 22.9 Å². The lowest BCUT2D eigenvalue weighted by atomic mass is 9.85. The average Bonchev–Trinajstić information content (AvgIpc) is 2.74. The molecule has 0 aromatic carbocycles. The molecule has 7 heteroatoms. The minimum absolute atomic E-state index is 0.0859. The quantitative estimate of drug-likeness (QED) is 0.470. The number of allylic oxidation sites excluding steroid dienone is 1. The molecule has 2 rings (SSSR count).